The number of benzene rings is 1. The predicted octanol–water partition coefficient (Wildman–Crippen LogP) is 10.9. The standard InChI is InChI=1S/C32H42F5N3O2.2C2H6.C2H4/c1-6-22(21-23(7-2)32(35,36)37)27(28(41)38-25-15-17-31(33,34)18-16-25)40(29(42)39-19-9-8-10-20-39)26-13-11-24(12-14-26)30(3,4)5;3*1-2/h6-7,11-14,21,25,27H,1,8-10,15-20H2,2-5H3,(H,38,41);2*1-2H3;1-2H2/b22-21+,23-7+;;;. The first kappa shape index (κ1) is 44.6. The van der Waals surface area contributed by atoms with Gasteiger partial charge >= 0.3 is 12.2 Å². The summed E-state index contributed by atoms with van der Waals surface area (Å²) in [5, 5.41) is 2.77. The van der Waals surface area contributed by atoms with Crippen LogP contribution in [0, 0.1) is 0 Å². The van der Waals surface area contributed by atoms with Crippen LogP contribution in [0.5, 0.6) is 0 Å². The number of anilines is 1. The third-order valence-electron chi connectivity index (χ3n) is 7.93. The average Bonchev–Trinajstić information content (AvgIpc) is 3.07. The highest BCUT2D eigenvalue weighted by atomic mass is 19.4. The van der Waals surface area contributed by atoms with Gasteiger partial charge in [-0.05, 0) is 73.8 Å². The first-order valence-corrected chi connectivity index (χ1v) is 17.0. The van der Waals surface area contributed by atoms with Gasteiger partial charge in [-0.3, -0.25) is 9.69 Å². The molecule has 48 heavy (non-hydrogen) atoms. The quantitative estimate of drug-likeness (QED) is 0.177. The highest BCUT2D eigenvalue weighted by molar-refractivity contribution is 6.02. The molecule has 1 aliphatic carbocycles. The van der Waals surface area contributed by atoms with Crippen molar-refractivity contribution in [3.63, 3.8) is 0 Å². The van der Waals surface area contributed by atoms with Gasteiger partial charge in [-0.2, -0.15) is 13.2 Å². The van der Waals surface area contributed by atoms with Gasteiger partial charge in [0.2, 0.25) is 11.8 Å². The second-order valence-corrected chi connectivity index (χ2v) is 12.1. The van der Waals surface area contributed by atoms with Crippen LogP contribution >= 0.6 is 0 Å². The zero-order valence-electron chi connectivity index (χ0n) is 30.3. The van der Waals surface area contributed by atoms with Gasteiger partial charge in [-0.1, -0.05) is 79.3 Å². The van der Waals surface area contributed by atoms with E-state index in [9.17, 15) is 31.5 Å². The number of nitrogens with zero attached hydrogens (tertiary/aromatic N) is 2. The number of rotatable bonds is 7. The summed E-state index contributed by atoms with van der Waals surface area (Å²) < 4.78 is 69.2. The monoisotopic (exact) mass is 683 g/mol. The third kappa shape index (κ3) is 13.2. The number of urea groups is 1. The van der Waals surface area contributed by atoms with Gasteiger partial charge in [0.15, 0.2) is 0 Å². The molecule has 1 unspecified atom stereocenters. The zero-order valence-corrected chi connectivity index (χ0v) is 30.3. The molecule has 272 valence electrons. The largest absolute Gasteiger partial charge is 0.416 e. The second-order valence-electron chi connectivity index (χ2n) is 12.1. The molecular weight excluding hydrogens is 625 g/mol. The summed E-state index contributed by atoms with van der Waals surface area (Å²) in [6.07, 6.45) is -0.181. The summed E-state index contributed by atoms with van der Waals surface area (Å²) in [4.78, 5) is 31.0. The van der Waals surface area contributed by atoms with Gasteiger partial charge in [-0.15, -0.1) is 13.2 Å². The average molecular weight is 684 g/mol. The van der Waals surface area contributed by atoms with Crippen LogP contribution in [0.4, 0.5) is 32.4 Å². The Morgan fingerprint density at radius 1 is 0.958 bits per heavy atom. The van der Waals surface area contributed by atoms with Gasteiger partial charge in [-0.25, -0.2) is 13.6 Å². The summed E-state index contributed by atoms with van der Waals surface area (Å²) in [5.74, 6) is -3.58. The first-order chi connectivity index (χ1) is 22.6. The Hall–Kier alpha value is -3.43. The molecule has 5 nitrogen and oxygen atoms in total. The van der Waals surface area contributed by atoms with E-state index in [2.05, 4.69) is 25.1 Å². The summed E-state index contributed by atoms with van der Waals surface area (Å²) in [6.45, 7) is 25.9. The Balaban J connectivity index is 0.00000348. The van der Waals surface area contributed by atoms with E-state index >= 15 is 0 Å². The highest BCUT2D eigenvalue weighted by Gasteiger charge is 2.41. The van der Waals surface area contributed by atoms with Crippen molar-refractivity contribution in [1.29, 1.82) is 0 Å². The zero-order chi connectivity index (χ0) is 37.3. The maximum absolute atomic E-state index is 14.2. The van der Waals surface area contributed by atoms with Crippen LogP contribution in [-0.2, 0) is 10.2 Å². The molecule has 1 saturated carbocycles. The minimum Gasteiger partial charge on any atom is -0.351 e. The molecule has 0 radical (unpaired) electrons. The number of hydrogen-bond donors (Lipinski definition) is 1. The van der Waals surface area contributed by atoms with Crippen LogP contribution in [0.3, 0.4) is 0 Å². The molecule has 1 aromatic carbocycles. The molecule has 1 N–H and O–H groups in total. The molecule has 1 aliphatic heterocycles. The predicted molar refractivity (Wildman–Crippen MR) is 190 cm³/mol. The number of allylic oxidation sites excluding steroid dienone is 3. The van der Waals surface area contributed by atoms with Crippen LogP contribution in [0.25, 0.3) is 0 Å². The minimum atomic E-state index is -4.71. The van der Waals surface area contributed by atoms with E-state index in [-0.39, 0.29) is 23.8 Å². The Morgan fingerprint density at radius 2 is 1.46 bits per heavy atom. The van der Waals surface area contributed by atoms with Crippen LogP contribution in [0.1, 0.15) is 106 Å². The van der Waals surface area contributed by atoms with E-state index in [1.807, 2.05) is 60.6 Å². The Bertz CT molecular complexity index is 1180. The van der Waals surface area contributed by atoms with Crippen molar-refractivity contribution in [1.82, 2.24) is 10.2 Å². The molecule has 1 saturated heterocycles. The molecule has 2 aliphatic rings. The van der Waals surface area contributed by atoms with Gasteiger partial charge in [0, 0.05) is 37.7 Å². The van der Waals surface area contributed by atoms with Crippen LogP contribution in [-0.4, -0.2) is 54.1 Å². The van der Waals surface area contributed by atoms with Gasteiger partial charge in [0.25, 0.3) is 0 Å². The van der Waals surface area contributed by atoms with Crippen LogP contribution in [0.2, 0.25) is 0 Å². The molecule has 3 amide bonds. The highest BCUT2D eigenvalue weighted by Crippen LogP contribution is 2.35. The molecule has 0 bridgehead atoms. The van der Waals surface area contributed by atoms with Crippen LogP contribution < -0.4 is 10.2 Å². The number of likely N-dealkylation sites (tertiary alicyclic amines) is 1. The van der Waals surface area contributed by atoms with Gasteiger partial charge in [0.05, 0.1) is 5.57 Å². The lowest BCUT2D eigenvalue weighted by atomic mass is 9.87. The smallest absolute Gasteiger partial charge is 0.351 e. The molecule has 0 spiro atoms. The van der Waals surface area contributed by atoms with Crippen molar-refractivity contribution in [2.45, 2.75) is 130 Å². The Kier molecular flexibility index (Phi) is 19.3. The number of amides is 3. The Morgan fingerprint density at radius 3 is 1.88 bits per heavy atom. The maximum atomic E-state index is 14.2. The summed E-state index contributed by atoms with van der Waals surface area (Å²) in [6, 6.07) is 4.37. The lowest BCUT2D eigenvalue weighted by Crippen LogP contribution is -2.57. The van der Waals surface area contributed by atoms with E-state index in [1.54, 1.807) is 17.0 Å². The molecule has 2 fully saturated rings. The molecule has 3 rings (SSSR count). The van der Waals surface area contributed by atoms with Crippen molar-refractivity contribution >= 4 is 17.6 Å². The lowest BCUT2D eigenvalue weighted by molar-refractivity contribution is -0.123. The molecule has 1 aromatic rings. The fraction of sp³-hybridized carbons (Fsp3) is 0.579. The van der Waals surface area contributed by atoms with Gasteiger partial charge < -0.3 is 10.2 Å². The normalized spacial score (nSPS) is 17.6. The number of hydrogen-bond acceptors (Lipinski definition) is 2. The molecule has 0 aromatic heterocycles. The van der Waals surface area contributed by atoms with Crippen molar-refractivity contribution in [3.8, 4) is 0 Å². The van der Waals surface area contributed by atoms with E-state index in [0.717, 1.165) is 43.1 Å². The molecule has 10 heteroatoms. The van der Waals surface area contributed by atoms with Crippen molar-refractivity contribution < 1.29 is 31.5 Å². The van der Waals surface area contributed by atoms with E-state index in [1.165, 1.54) is 11.8 Å². The number of carbonyl (C=O) groups is 2. The minimum absolute atomic E-state index is 0.0155. The number of halogens is 5. The number of carbonyl (C=O) groups excluding carboxylic acids is 2. The topological polar surface area (TPSA) is 52.7 Å². The van der Waals surface area contributed by atoms with Gasteiger partial charge in [0.1, 0.15) is 6.04 Å². The van der Waals surface area contributed by atoms with E-state index in [0.29, 0.717) is 18.8 Å². The maximum Gasteiger partial charge on any atom is 0.416 e. The number of piperidine rings is 1. The molecule has 1 atom stereocenters. The number of nitrogens with one attached hydrogen (secondary N) is 1. The Labute approximate surface area is 286 Å². The third-order valence-corrected chi connectivity index (χ3v) is 7.93. The van der Waals surface area contributed by atoms with Crippen molar-refractivity contribution in [2.75, 3.05) is 18.0 Å². The van der Waals surface area contributed by atoms with E-state index < -0.39 is 54.5 Å². The van der Waals surface area contributed by atoms with Crippen molar-refractivity contribution in [3.05, 3.63) is 78.9 Å². The van der Waals surface area contributed by atoms with E-state index in [4.69, 9.17) is 0 Å². The van der Waals surface area contributed by atoms with Crippen LogP contribution in [0.15, 0.2) is 73.4 Å². The number of alkyl halides is 5. The first-order valence-electron chi connectivity index (χ1n) is 17.0. The second kappa shape index (κ2) is 20.8. The fourth-order valence-electron chi connectivity index (χ4n) is 5.37. The summed E-state index contributed by atoms with van der Waals surface area (Å²) >= 11 is 0. The molecule has 1 heterocycles. The van der Waals surface area contributed by atoms with Crippen molar-refractivity contribution in [2.24, 2.45) is 0 Å². The lowest BCUT2D eigenvalue weighted by Gasteiger charge is -2.38. The SMILES string of the molecule is C=C.C=C/C(=C\C(=C/C)C(F)(F)F)C(C(=O)NC1CCC(F)(F)CC1)N(C(=O)N1CCCCC1)c1ccc(C(C)(C)C)cc1.CC.CC. The molecular formula is C38H58F5N3O2. The summed E-state index contributed by atoms with van der Waals surface area (Å²) in [5.41, 5.74) is -0.0470. The fourth-order valence-corrected chi connectivity index (χ4v) is 5.37. The summed E-state index contributed by atoms with van der Waals surface area (Å²) in [7, 11) is 0.